The lowest BCUT2D eigenvalue weighted by Crippen LogP contribution is -2.22. The smallest absolute Gasteiger partial charge is 0.253 e. The number of carbonyl (C=O) groups excluding carboxylic acids is 1. The number of nitrogens with zero attached hydrogens (tertiary/aromatic N) is 4. The number of carbonyl (C=O) groups is 1. The number of pyridine rings is 1. The van der Waals surface area contributed by atoms with Gasteiger partial charge in [0.1, 0.15) is 5.01 Å². The summed E-state index contributed by atoms with van der Waals surface area (Å²) in [7, 11) is 1.85. The Labute approximate surface area is 148 Å². The van der Waals surface area contributed by atoms with E-state index in [1.54, 1.807) is 34.6 Å². The monoisotopic (exact) mass is 349 g/mol. The predicted molar refractivity (Wildman–Crippen MR) is 97.2 cm³/mol. The summed E-state index contributed by atoms with van der Waals surface area (Å²) >= 11 is 1.58. The molecule has 0 fully saturated rings. The standard InChI is InChI=1S/C18H15N5OS/c1-23-11-14(9-21-23)12-6-13(8-19-7-12)18(24)20-10-17-22-15-4-2-3-5-16(15)25-17/h2-9,11H,10H2,1H3,(H,20,24). The van der Waals surface area contributed by atoms with Crippen molar-refractivity contribution in [1.82, 2.24) is 25.1 Å². The SMILES string of the molecule is Cn1cc(-c2cncc(C(=O)NCc3nc4ccccc4s3)c2)cn1. The normalized spacial score (nSPS) is 10.9. The Morgan fingerprint density at radius 3 is 2.88 bits per heavy atom. The third kappa shape index (κ3) is 3.27. The number of aromatic nitrogens is 4. The maximum Gasteiger partial charge on any atom is 0.253 e. The molecule has 7 heteroatoms. The number of hydrogen-bond acceptors (Lipinski definition) is 5. The molecule has 0 aliphatic heterocycles. The predicted octanol–water partition coefficient (Wildman–Crippen LogP) is 3.02. The Bertz CT molecular complexity index is 1020. The Hall–Kier alpha value is -3.06. The molecule has 1 amide bonds. The summed E-state index contributed by atoms with van der Waals surface area (Å²) in [5, 5.41) is 7.93. The van der Waals surface area contributed by atoms with E-state index in [4.69, 9.17) is 0 Å². The van der Waals surface area contributed by atoms with Crippen LogP contribution in [0.4, 0.5) is 0 Å². The molecule has 0 spiro atoms. The van der Waals surface area contributed by atoms with Crippen LogP contribution in [-0.2, 0) is 13.6 Å². The molecule has 0 bridgehead atoms. The maximum atomic E-state index is 12.4. The summed E-state index contributed by atoms with van der Waals surface area (Å²) in [6.07, 6.45) is 6.93. The molecule has 0 saturated heterocycles. The molecule has 3 heterocycles. The molecule has 6 nitrogen and oxygen atoms in total. The van der Waals surface area contributed by atoms with E-state index in [0.717, 1.165) is 26.4 Å². The van der Waals surface area contributed by atoms with Crippen LogP contribution < -0.4 is 5.32 Å². The van der Waals surface area contributed by atoms with Crippen molar-refractivity contribution in [3.8, 4) is 11.1 Å². The molecule has 3 aromatic heterocycles. The van der Waals surface area contributed by atoms with Crippen molar-refractivity contribution in [3.63, 3.8) is 0 Å². The quantitative estimate of drug-likeness (QED) is 0.615. The van der Waals surface area contributed by atoms with Crippen LogP contribution in [0.15, 0.2) is 55.1 Å². The van der Waals surface area contributed by atoms with Gasteiger partial charge < -0.3 is 5.32 Å². The second kappa shape index (κ2) is 6.45. The van der Waals surface area contributed by atoms with Crippen LogP contribution in [0.3, 0.4) is 0 Å². The van der Waals surface area contributed by atoms with Gasteiger partial charge >= 0.3 is 0 Å². The minimum absolute atomic E-state index is 0.169. The summed E-state index contributed by atoms with van der Waals surface area (Å²) in [6.45, 7) is 0.398. The van der Waals surface area contributed by atoms with Crippen molar-refractivity contribution in [2.24, 2.45) is 7.05 Å². The van der Waals surface area contributed by atoms with Crippen molar-refractivity contribution in [3.05, 3.63) is 65.7 Å². The fourth-order valence-electron chi connectivity index (χ4n) is 2.55. The van der Waals surface area contributed by atoms with E-state index in [0.29, 0.717) is 12.1 Å². The fourth-order valence-corrected chi connectivity index (χ4v) is 3.45. The average Bonchev–Trinajstić information content (AvgIpc) is 3.25. The second-order valence-electron chi connectivity index (χ2n) is 5.62. The molecule has 124 valence electrons. The van der Waals surface area contributed by atoms with Gasteiger partial charge in [0, 0.05) is 36.8 Å². The van der Waals surface area contributed by atoms with Gasteiger partial charge in [-0.2, -0.15) is 5.10 Å². The molecule has 1 aromatic carbocycles. The van der Waals surface area contributed by atoms with E-state index >= 15 is 0 Å². The van der Waals surface area contributed by atoms with Crippen molar-refractivity contribution in [2.45, 2.75) is 6.54 Å². The van der Waals surface area contributed by atoms with Crippen molar-refractivity contribution in [2.75, 3.05) is 0 Å². The number of thiazole rings is 1. The number of para-hydroxylation sites is 1. The van der Waals surface area contributed by atoms with Crippen molar-refractivity contribution in [1.29, 1.82) is 0 Å². The second-order valence-corrected chi connectivity index (χ2v) is 6.74. The molecule has 4 aromatic rings. The van der Waals surface area contributed by atoms with Gasteiger partial charge in [0.05, 0.1) is 28.5 Å². The lowest BCUT2D eigenvalue weighted by atomic mass is 10.1. The topological polar surface area (TPSA) is 72.7 Å². The minimum Gasteiger partial charge on any atom is -0.345 e. The number of hydrogen-bond donors (Lipinski definition) is 1. The Morgan fingerprint density at radius 2 is 2.08 bits per heavy atom. The van der Waals surface area contributed by atoms with E-state index in [1.807, 2.05) is 43.6 Å². The first-order chi connectivity index (χ1) is 12.2. The molecule has 0 aliphatic rings. The highest BCUT2D eigenvalue weighted by atomic mass is 32.1. The number of amides is 1. The lowest BCUT2D eigenvalue weighted by molar-refractivity contribution is 0.0950. The fraction of sp³-hybridized carbons (Fsp3) is 0.111. The number of aryl methyl sites for hydroxylation is 1. The highest BCUT2D eigenvalue weighted by Gasteiger charge is 2.10. The highest BCUT2D eigenvalue weighted by molar-refractivity contribution is 7.18. The van der Waals surface area contributed by atoms with Gasteiger partial charge in [-0.05, 0) is 18.2 Å². The third-order valence-corrected chi connectivity index (χ3v) is 4.81. The molecule has 0 radical (unpaired) electrons. The van der Waals surface area contributed by atoms with Crippen LogP contribution >= 0.6 is 11.3 Å². The largest absolute Gasteiger partial charge is 0.345 e. The van der Waals surface area contributed by atoms with Gasteiger partial charge in [-0.25, -0.2) is 4.98 Å². The zero-order valence-corrected chi connectivity index (χ0v) is 14.3. The molecular weight excluding hydrogens is 334 g/mol. The molecule has 4 rings (SSSR count). The molecule has 0 atom stereocenters. The average molecular weight is 349 g/mol. The van der Waals surface area contributed by atoms with Gasteiger partial charge in [0.25, 0.3) is 5.91 Å². The van der Waals surface area contributed by atoms with Crippen molar-refractivity contribution >= 4 is 27.5 Å². The summed E-state index contributed by atoms with van der Waals surface area (Å²) in [5.41, 5.74) is 3.26. The summed E-state index contributed by atoms with van der Waals surface area (Å²) in [5.74, 6) is -0.169. The van der Waals surface area contributed by atoms with E-state index in [1.165, 1.54) is 0 Å². The third-order valence-electron chi connectivity index (χ3n) is 3.78. The van der Waals surface area contributed by atoms with Gasteiger partial charge in [-0.1, -0.05) is 12.1 Å². The Balaban J connectivity index is 1.49. The van der Waals surface area contributed by atoms with Crippen LogP contribution in [0.5, 0.6) is 0 Å². The minimum atomic E-state index is -0.169. The molecule has 1 N–H and O–H groups in total. The number of benzene rings is 1. The maximum absolute atomic E-state index is 12.4. The van der Waals surface area contributed by atoms with Crippen LogP contribution in [0, 0.1) is 0 Å². The molecule has 25 heavy (non-hydrogen) atoms. The summed E-state index contributed by atoms with van der Waals surface area (Å²) in [6, 6.07) is 9.76. The van der Waals surface area contributed by atoms with Crippen LogP contribution in [0.2, 0.25) is 0 Å². The molecule has 0 saturated carbocycles. The zero-order valence-electron chi connectivity index (χ0n) is 13.5. The van der Waals surface area contributed by atoms with E-state index < -0.39 is 0 Å². The first kappa shape index (κ1) is 15.5. The van der Waals surface area contributed by atoms with Gasteiger partial charge in [-0.15, -0.1) is 11.3 Å². The number of nitrogens with one attached hydrogen (secondary N) is 1. The Kier molecular flexibility index (Phi) is 3.99. The highest BCUT2D eigenvalue weighted by Crippen LogP contribution is 2.22. The van der Waals surface area contributed by atoms with Crippen LogP contribution in [0.1, 0.15) is 15.4 Å². The zero-order chi connectivity index (χ0) is 17.2. The van der Waals surface area contributed by atoms with Crippen LogP contribution in [-0.4, -0.2) is 25.7 Å². The first-order valence-electron chi connectivity index (χ1n) is 7.76. The van der Waals surface area contributed by atoms with Crippen LogP contribution in [0.25, 0.3) is 21.3 Å². The van der Waals surface area contributed by atoms with E-state index in [2.05, 4.69) is 20.4 Å². The van der Waals surface area contributed by atoms with E-state index in [-0.39, 0.29) is 5.91 Å². The van der Waals surface area contributed by atoms with Gasteiger partial charge in [-0.3, -0.25) is 14.5 Å². The first-order valence-corrected chi connectivity index (χ1v) is 8.57. The summed E-state index contributed by atoms with van der Waals surface area (Å²) < 4.78 is 2.84. The lowest BCUT2D eigenvalue weighted by Gasteiger charge is -2.04. The molecule has 0 unspecified atom stereocenters. The van der Waals surface area contributed by atoms with Gasteiger partial charge in [0.15, 0.2) is 0 Å². The molecule has 0 aliphatic carbocycles. The van der Waals surface area contributed by atoms with Crippen molar-refractivity contribution < 1.29 is 4.79 Å². The molecular formula is C18H15N5OS. The summed E-state index contributed by atoms with van der Waals surface area (Å²) in [4.78, 5) is 21.1. The van der Waals surface area contributed by atoms with E-state index in [9.17, 15) is 4.79 Å². The Morgan fingerprint density at radius 1 is 1.20 bits per heavy atom. The number of fused-ring (bicyclic) bond motifs is 1. The number of rotatable bonds is 4. The van der Waals surface area contributed by atoms with Gasteiger partial charge in [0.2, 0.25) is 0 Å².